The van der Waals surface area contributed by atoms with E-state index in [0.717, 1.165) is 0 Å². The molecule has 0 saturated carbocycles. The number of nitriles is 1. The second-order valence-corrected chi connectivity index (χ2v) is 1.98. The molecule has 8 nitrogen and oxygen atoms in total. The maximum absolute atomic E-state index is 11.0. The average Bonchev–Trinajstić information content (AvgIpc) is 2.21. The van der Waals surface area contributed by atoms with E-state index >= 15 is 0 Å². The Morgan fingerprint density at radius 1 is 1.64 bits per heavy atom. The number of hydrazine groups is 1. The molecule has 0 fully saturated rings. The third-order valence-corrected chi connectivity index (χ3v) is 1.07. The summed E-state index contributed by atoms with van der Waals surface area (Å²) in [4.78, 5) is 25.8. The van der Waals surface area contributed by atoms with Crippen molar-refractivity contribution in [3.63, 3.8) is 0 Å². The highest BCUT2D eigenvalue weighted by Crippen LogP contribution is 1.78. The number of hydrogen-bond acceptors (Lipinski definition) is 6. The Kier molecular flexibility index (Phi) is 5.41. The summed E-state index contributed by atoms with van der Waals surface area (Å²) in [6.07, 6.45) is 0. The Hall–Kier alpha value is -2.14. The molecule has 4 N–H and O–H groups in total. The van der Waals surface area contributed by atoms with Crippen LogP contribution in [0.4, 0.5) is 0 Å². The number of amides is 2. The van der Waals surface area contributed by atoms with Crippen LogP contribution in [0.5, 0.6) is 0 Å². The van der Waals surface area contributed by atoms with Crippen LogP contribution in [-0.4, -0.2) is 31.2 Å². The average molecular weight is 199 g/mol. The van der Waals surface area contributed by atoms with Crippen LogP contribution < -0.4 is 16.6 Å². The first-order valence-corrected chi connectivity index (χ1v) is 3.44. The van der Waals surface area contributed by atoms with Gasteiger partial charge in [0, 0.05) is 0 Å². The van der Waals surface area contributed by atoms with E-state index in [9.17, 15) is 9.59 Å². The van der Waals surface area contributed by atoms with Crippen LogP contribution in [0.3, 0.4) is 0 Å². The quantitative estimate of drug-likeness (QED) is 0.201. The van der Waals surface area contributed by atoms with Crippen LogP contribution in [0.1, 0.15) is 0 Å². The van der Waals surface area contributed by atoms with Crippen molar-refractivity contribution in [2.45, 2.75) is 0 Å². The van der Waals surface area contributed by atoms with Crippen LogP contribution >= 0.6 is 0 Å². The third kappa shape index (κ3) is 4.03. The van der Waals surface area contributed by atoms with Crippen molar-refractivity contribution < 1.29 is 14.4 Å². The summed E-state index contributed by atoms with van der Waals surface area (Å²) in [5, 5.41) is 13.6. The molecule has 0 unspecified atom stereocenters. The second-order valence-electron chi connectivity index (χ2n) is 1.98. The minimum absolute atomic E-state index is 0.334. The van der Waals surface area contributed by atoms with Crippen molar-refractivity contribution in [3.8, 4) is 6.07 Å². The number of nitrogens with one attached hydrogen (secondary N) is 2. The molecule has 0 aliphatic heterocycles. The normalized spacial score (nSPS) is 9.93. The van der Waals surface area contributed by atoms with Gasteiger partial charge in [0.1, 0.15) is 13.2 Å². The van der Waals surface area contributed by atoms with Gasteiger partial charge in [-0.3, -0.25) is 15.0 Å². The molecular formula is C6H9N5O3. The van der Waals surface area contributed by atoms with Crippen LogP contribution in [0.2, 0.25) is 0 Å². The first kappa shape index (κ1) is 11.9. The largest absolute Gasteiger partial charge is 0.398 e. The van der Waals surface area contributed by atoms with E-state index in [0.29, 0.717) is 0 Å². The predicted octanol–water partition coefficient (Wildman–Crippen LogP) is -2.38. The zero-order chi connectivity index (χ0) is 11.0. The molecule has 0 aliphatic rings. The Balaban J connectivity index is 4.15. The van der Waals surface area contributed by atoms with Crippen LogP contribution in [-0.2, 0) is 14.4 Å². The zero-order valence-corrected chi connectivity index (χ0v) is 7.40. The highest BCUT2D eigenvalue weighted by atomic mass is 16.6. The van der Waals surface area contributed by atoms with Crippen molar-refractivity contribution in [2.75, 3.05) is 13.7 Å². The molecular weight excluding hydrogens is 190 g/mol. The molecule has 14 heavy (non-hydrogen) atoms. The molecule has 0 radical (unpaired) electrons. The Bertz CT molecular complexity index is 292. The molecule has 0 aromatic carbocycles. The number of carbonyl (C=O) groups is 2. The van der Waals surface area contributed by atoms with Crippen LogP contribution in [0, 0.1) is 11.3 Å². The maximum Gasteiger partial charge on any atom is 0.284 e. The van der Waals surface area contributed by atoms with Gasteiger partial charge in [0.05, 0.1) is 6.54 Å². The van der Waals surface area contributed by atoms with E-state index in [-0.39, 0.29) is 6.54 Å². The fourth-order valence-electron chi connectivity index (χ4n) is 0.499. The second kappa shape index (κ2) is 6.38. The SMILES string of the molecule is CON=C(C#N)C(=O)NCC(=O)NN. The van der Waals surface area contributed by atoms with Gasteiger partial charge in [0.25, 0.3) is 11.8 Å². The monoisotopic (exact) mass is 199 g/mol. The molecule has 0 aromatic rings. The van der Waals surface area contributed by atoms with Crippen molar-refractivity contribution >= 4 is 17.5 Å². The van der Waals surface area contributed by atoms with Crippen LogP contribution in [0.15, 0.2) is 5.16 Å². The Morgan fingerprint density at radius 3 is 2.71 bits per heavy atom. The summed E-state index contributed by atoms with van der Waals surface area (Å²) >= 11 is 0. The summed E-state index contributed by atoms with van der Waals surface area (Å²) in [6, 6.07) is 1.49. The molecule has 0 rings (SSSR count). The lowest BCUT2D eigenvalue weighted by molar-refractivity contribution is -0.123. The number of carbonyl (C=O) groups excluding carboxylic acids is 2. The molecule has 76 valence electrons. The molecule has 0 aliphatic carbocycles. The first-order valence-electron chi connectivity index (χ1n) is 3.44. The molecule has 0 bridgehead atoms. The fourth-order valence-corrected chi connectivity index (χ4v) is 0.499. The molecule has 0 atom stereocenters. The van der Waals surface area contributed by atoms with Gasteiger partial charge in [0.2, 0.25) is 5.71 Å². The van der Waals surface area contributed by atoms with Crippen LogP contribution in [0.25, 0.3) is 0 Å². The van der Waals surface area contributed by atoms with Gasteiger partial charge in [-0.25, -0.2) is 5.84 Å². The minimum Gasteiger partial charge on any atom is -0.398 e. The number of oxime groups is 1. The number of rotatable bonds is 4. The van der Waals surface area contributed by atoms with E-state index < -0.39 is 17.5 Å². The van der Waals surface area contributed by atoms with E-state index in [1.54, 1.807) is 5.43 Å². The summed E-state index contributed by atoms with van der Waals surface area (Å²) in [7, 11) is 1.19. The molecule has 8 heteroatoms. The highest BCUT2D eigenvalue weighted by molar-refractivity contribution is 6.45. The number of nitrogens with zero attached hydrogens (tertiary/aromatic N) is 2. The Labute approximate surface area is 79.7 Å². The Morgan fingerprint density at radius 2 is 2.29 bits per heavy atom. The van der Waals surface area contributed by atoms with Crippen molar-refractivity contribution in [1.82, 2.24) is 10.7 Å². The van der Waals surface area contributed by atoms with Crippen molar-refractivity contribution in [3.05, 3.63) is 0 Å². The maximum atomic E-state index is 11.0. The standard InChI is InChI=1S/C6H9N5O3/c1-14-11-4(2-7)6(13)9-3-5(12)10-8/h3,8H2,1H3,(H,9,13)(H,10,12). The lowest BCUT2D eigenvalue weighted by Crippen LogP contribution is -2.42. The smallest absolute Gasteiger partial charge is 0.284 e. The van der Waals surface area contributed by atoms with E-state index in [1.807, 2.05) is 0 Å². The van der Waals surface area contributed by atoms with Crippen molar-refractivity contribution in [2.24, 2.45) is 11.0 Å². The number of hydrogen-bond donors (Lipinski definition) is 3. The van der Waals surface area contributed by atoms with Gasteiger partial charge in [0.15, 0.2) is 0 Å². The summed E-state index contributed by atoms with van der Waals surface area (Å²) in [5.41, 5.74) is 1.33. The van der Waals surface area contributed by atoms with Gasteiger partial charge in [-0.2, -0.15) is 5.26 Å². The van der Waals surface area contributed by atoms with Gasteiger partial charge in [-0.15, -0.1) is 0 Å². The van der Waals surface area contributed by atoms with Crippen molar-refractivity contribution in [1.29, 1.82) is 5.26 Å². The molecule has 0 aromatic heterocycles. The van der Waals surface area contributed by atoms with Gasteiger partial charge in [-0.1, -0.05) is 5.16 Å². The third-order valence-electron chi connectivity index (χ3n) is 1.07. The topological polar surface area (TPSA) is 130 Å². The summed E-state index contributed by atoms with van der Waals surface area (Å²) in [6.45, 7) is -0.334. The van der Waals surface area contributed by atoms with Gasteiger partial charge < -0.3 is 10.2 Å². The van der Waals surface area contributed by atoms with E-state index in [2.05, 4.69) is 15.3 Å². The van der Waals surface area contributed by atoms with Gasteiger partial charge in [-0.05, 0) is 0 Å². The molecule has 2 amide bonds. The predicted molar refractivity (Wildman–Crippen MR) is 45.4 cm³/mol. The molecule has 0 heterocycles. The minimum atomic E-state index is -0.807. The van der Waals surface area contributed by atoms with Gasteiger partial charge >= 0.3 is 0 Å². The summed E-state index contributed by atoms with van der Waals surface area (Å²) in [5.74, 6) is 3.36. The highest BCUT2D eigenvalue weighted by Gasteiger charge is 2.12. The van der Waals surface area contributed by atoms with E-state index in [4.69, 9.17) is 11.1 Å². The first-order chi connectivity index (χ1) is 6.65. The summed E-state index contributed by atoms with van der Waals surface area (Å²) < 4.78 is 0. The molecule has 0 spiro atoms. The van der Waals surface area contributed by atoms with E-state index in [1.165, 1.54) is 13.2 Å². The fraction of sp³-hybridized carbons (Fsp3) is 0.333. The lowest BCUT2D eigenvalue weighted by atomic mass is 10.4. The zero-order valence-electron chi connectivity index (χ0n) is 7.40. The molecule has 0 saturated heterocycles. The number of nitrogens with two attached hydrogens (primary N) is 1. The lowest BCUT2D eigenvalue weighted by Gasteiger charge is -2.00.